The summed E-state index contributed by atoms with van der Waals surface area (Å²) in [4.78, 5) is 3.91. The quantitative estimate of drug-likeness (QED) is 0.891. The lowest BCUT2D eigenvalue weighted by Crippen LogP contribution is -1.98. The number of hydrogen-bond acceptors (Lipinski definition) is 4. The molecule has 2 rings (SSSR count). The summed E-state index contributed by atoms with van der Waals surface area (Å²) in [6.45, 7) is 0. The van der Waals surface area contributed by atoms with Crippen molar-refractivity contribution in [1.29, 1.82) is 5.26 Å². The predicted molar refractivity (Wildman–Crippen MR) is 70.8 cm³/mol. The van der Waals surface area contributed by atoms with Crippen molar-refractivity contribution < 1.29 is 0 Å². The second-order valence-corrected chi connectivity index (χ2v) is 4.31. The number of nitrogens with one attached hydrogen (secondary N) is 1. The van der Waals surface area contributed by atoms with E-state index >= 15 is 0 Å². The van der Waals surface area contributed by atoms with Gasteiger partial charge in [-0.25, -0.2) is 0 Å². The van der Waals surface area contributed by atoms with Crippen LogP contribution in [0.2, 0.25) is 0 Å². The second-order valence-electron chi connectivity index (χ2n) is 3.39. The van der Waals surface area contributed by atoms with Crippen LogP contribution in [0.1, 0.15) is 5.56 Å². The van der Waals surface area contributed by atoms with E-state index in [1.807, 2.05) is 12.1 Å². The van der Waals surface area contributed by atoms with Gasteiger partial charge in [-0.1, -0.05) is 15.9 Å². The van der Waals surface area contributed by atoms with Gasteiger partial charge in [0.25, 0.3) is 0 Å². The molecule has 0 atom stereocenters. The van der Waals surface area contributed by atoms with Crippen LogP contribution in [0.4, 0.5) is 17.1 Å². The Morgan fingerprint density at radius 1 is 1.29 bits per heavy atom. The third-order valence-corrected chi connectivity index (χ3v) is 2.72. The zero-order valence-electron chi connectivity index (χ0n) is 8.81. The number of pyridine rings is 1. The molecule has 84 valence electrons. The molecule has 0 radical (unpaired) electrons. The molecule has 0 unspecified atom stereocenters. The number of hydrogen-bond donors (Lipinski definition) is 2. The molecule has 0 spiro atoms. The van der Waals surface area contributed by atoms with Crippen LogP contribution in [0.15, 0.2) is 41.1 Å². The van der Waals surface area contributed by atoms with Crippen LogP contribution >= 0.6 is 15.9 Å². The molecule has 1 heterocycles. The van der Waals surface area contributed by atoms with Gasteiger partial charge in [0, 0.05) is 10.7 Å². The third-order valence-electron chi connectivity index (χ3n) is 2.22. The second kappa shape index (κ2) is 4.85. The Morgan fingerprint density at radius 2 is 2.12 bits per heavy atom. The first-order valence-electron chi connectivity index (χ1n) is 4.87. The largest absolute Gasteiger partial charge is 0.396 e. The van der Waals surface area contributed by atoms with E-state index in [1.54, 1.807) is 24.5 Å². The number of nitrogen functional groups attached to an aromatic ring is 1. The molecule has 17 heavy (non-hydrogen) atoms. The maximum Gasteiger partial charge on any atom is 0.101 e. The van der Waals surface area contributed by atoms with Gasteiger partial charge >= 0.3 is 0 Å². The fourth-order valence-corrected chi connectivity index (χ4v) is 1.74. The molecule has 0 aliphatic heterocycles. The standard InChI is InChI=1S/C12H9BrN4/c13-9-1-2-11(8(5-9)6-14)17-12-3-4-16-7-10(12)15/h1-5,7H,15H2,(H,16,17). The van der Waals surface area contributed by atoms with Crippen LogP contribution in [0, 0.1) is 11.3 Å². The minimum absolute atomic E-state index is 0.541. The summed E-state index contributed by atoms with van der Waals surface area (Å²) < 4.78 is 0.863. The van der Waals surface area contributed by atoms with Crippen LogP contribution < -0.4 is 11.1 Å². The number of benzene rings is 1. The van der Waals surface area contributed by atoms with Gasteiger partial charge in [-0.3, -0.25) is 4.98 Å². The lowest BCUT2D eigenvalue weighted by Gasteiger charge is -2.10. The number of anilines is 3. The first-order valence-corrected chi connectivity index (χ1v) is 5.66. The van der Waals surface area contributed by atoms with Crippen molar-refractivity contribution in [1.82, 2.24) is 4.98 Å². The van der Waals surface area contributed by atoms with Gasteiger partial charge in [0.15, 0.2) is 0 Å². The predicted octanol–water partition coefficient (Wildman–Crippen LogP) is 3.04. The Hall–Kier alpha value is -2.06. The Morgan fingerprint density at radius 3 is 2.82 bits per heavy atom. The molecular formula is C12H9BrN4. The van der Waals surface area contributed by atoms with Crippen molar-refractivity contribution in [2.75, 3.05) is 11.1 Å². The van der Waals surface area contributed by atoms with Crippen molar-refractivity contribution >= 4 is 33.0 Å². The van der Waals surface area contributed by atoms with Crippen LogP contribution in [0.3, 0.4) is 0 Å². The minimum Gasteiger partial charge on any atom is -0.396 e. The SMILES string of the molecule is N#Cc1cc(Br)ccc1Nc1ccncc1N. The van der Waals surface area contributed by atoms with Gasteiger partial charge < -0.3 is 11.1 Å². The Kier molecular flexibility index (Phi) is 3.26. The van der Waals surface area contributed by atoms with E-state index in [0.29, 0.717) is 16.9 Å². The summed E-state index contributed by atoms with van der Waals surface area (Å²) >= 11 is 3.32. The molecule has 0 fully saturated rings. The molecule has 1 aromatic heterocycles. The fourth-order valence-electron chi connectivity index (χ4n) is 1.38. The molecule has 4 nitrogen and oxygen atoms in total. The Balaban J connectivity index is 2.37. The van der Waals surface area contributed by atoms with Crippen molar-refractivity contribution in [3.8, 4) is 6.07 Å². The molecule has 0 aliphatic carbocycles. The van der Waals surface area contributed by atoms with Gasteiger partial charge in [-0.2, -0.15) is 5.26 Å². The van der Waals surface area contributed by atoms with Crippen LogP contribution in [0.25, 0.3) is 0 Å². The maximum atomic E-state index is 9.04. The average Bonchev–Trinajstić information content (AvgIpc) is 2.34. The molecule has 0 aliphatic rings. The van der Waals surface area contributed by atoms with Crippen molar-refractivity contribution in [2.45, 2.75) is 0 Å². The molecule has 0 amide bonds. The topological polar surface area (TPSA) is 74.7 Å². The summed E-state index contributed by atoms with van der Waals surface area (Å²) in [5.41, 5.74) is 8.32. The highest BCUT2D eigenvalue weighted by molar-refractivity contribution is 9.10. The van der Waals surface area contributed by atoms with E-state index in [-0.39, 0.29) is 0 Å². The summed E-state index contributed by atoms with van der Waals surface area (Å²) in [5, 5.41) is 12.1. The first kappa shape index (κ1) is 11.4. The van der Waals surface area contributed by atoms with Crippen LogP contribution in [-0.4, -0.2) is 4.98 Å². The van der Waals surface area contributed by atoms with Gasteiger partial charge in [0.05, 0.1) is 28.8 Å². The van der Waals surface area contributed by atoms with Gasteiger partial charge in [-0.15, -0.1) is 0 Å². The molecular weight excluding hydrogens is 280 g/mol. The monoisotopic (exact) mass is 288 g/mol. The summed E-state index contributed by atoms with van der Waals surface area (Å²) in [7, 11) is 0. The van der Waals surface area contributed by atoms with E-state index in [2.05, 4.69) is 32.3 Å². The molecule has 2 aromatic rings. The lowest BCUT2D eigenvalue weighted by atomic mass is 10.2. The van der Waals surface area contributed by atoms with Crippen molar-refractivity contribution in [3.63, 3.8) is 0 Å². The van der Waals surface area contributed by atoms with Crippen LogP contribution in [0.5, 0.6) is 0 Å². The number of nitrogens with zero attached hydrogens (tertiary/aromatic N) is 2. The molecule has 0 saturated heterocycles. The maximum absolute atomic E-state index is 9.04. The zero-order chi connectivity index (χ0) is 12.3. The van der Waals surface area contributed by atoms with E-state index in [9.17, 15) is 0 Å². The highest BCUT2D eigenvalue weighted by Crippen LogP contribution is 2.26. The number of nitriles is 1. The summed E-state index contributed by atoms with van der Waals surface area (Å²) in [5.74, 6) is 0. The molecule has 0 bridgehead atoms. The fraction of sp³-hybridized carbons (Fsp3) is 0. The summed E-state index contributed by atoms with van der Waals surface area (Å²) in [6.07, 6.45) is 3.21. The molecule has 0 saturated carbocycles. The normalized spacial score (nSPS) is 9.65. The van der Waals surface area contributed by atoms with Crippen LogP contribution in [-0.2, 0) is 0 Å². The zero-order valence-corrected chi connectivity index (χ0v) is 10.4. The van der Waals surface area contributed by atoms with Crippen molar-refractivity contribution in [2.24, 2.45) is 0 Å². The first-order chi connectivity index (χ1) is 8.20. The Bertz CT molecular complexity index is 589. The molecule has 5 heteroatoms. The third kappa shape index (κ3) is 2.55. The molecule has 1 aromatic carbocycles. The van der Waals surface area contributed by atoms with E-state index in [0.717, 1.165) is 10.2 Å². The Labute approximate surface area is 107 Å². The smallest absolute Gasteiger partial charge is 0.101 e. The average molecular weight is 289 g/mol. The van der Waals surface area contributed by atoms with E-state index in [1.165, 1.54) is 0 Å². The van der Waals surface area contributed by atoms with E-state index in [4.69, 9.17) is 11.0 Å². The number of aromatic nitrogens is 1. The summed E-state index contributed by atoms with van der Waals surface area (Å²) in [6, 6.07) is 9.32. The number of halogens is 1. The van der Waals surface area contributed by atoms with E-state index < -0.39 is 0 Å². The lowest BCUT2D eigenvalue weighted by molar-refractivity contribution is 1.33. The minimum atomic E-state index is 0.541. The van der Waals surface area contributed by atoms with Gasteiger partial charge in [0.2, 0.25) is 0 Å². The highest BCUT2D eigenvalue weighted by atomic mass is 79.9. The highest BCUT2D eigenvalue weighted by Gasteiger charge is 2.04. The molecule has 3 N–H and O–H groups in total. The number of nitrogens with two attached hydrogens (primary N) is 1. The van der Waals surface area contributed by atoms with Gasteiger partial charge in [0.1, 0.15) is 6.07 Å². The number of rotatable bonds is 2. The van der Waals surface area contributed by atoms with Gasteiger partial charge in [-0.05, 0) is 24.3 Å². The van der Waals surface area contributed by atoms with Crippen molar-refractivity contribution in [3.05, 3.63) is 46.7 Å².